The molecule has 0 saturated heterocycles. The second-order valence-corrected chi connectivity index (χ2v) is 5.95. The van der Waals surface area contributed by atoms with Gasteiger partial charge in [-0.05, 0) is 12.8 Å². The van der Waals surface area contributed by atoms with E-state index in [1.165, 1.54) is 0 Å². The summed E-state index contributed by atoms with van der Waals surface area (Å²) in [6, 6.07) is -0.715. The van der Waals surface area contributed by atoms with Gasteiger partial charge in [0.25, 0.3) is 0 Å². The van der Waals surface area contributed by atoms with Crippen LogP contribution in [0.3, 0.4) is 0 Å². The molecule has 17 heavy (non-hydrogen) atoms. The second-order valence-electron chi connectivity index (χ2n) is 3.90. The third kappa shape index (κ3) is 3.00. The first-order valence-electron chi connectivity index (χ1n) is 5.20. The molecule has 9 heteroatoms. The summed E-state index contributed by atoms with van der Waals surface area (Å²) in [5.41, 5.74) is 5.47. The largest absolute Gasteiger partial charge is 0.394 e. The van der Waals surface area contributed by atoms with Crippen molar-refractivity contribution in [2.24, 2.45) is 5.73 Å². The molecule has 1 aliphatic rings. The Kier molecular flexibility index (Phi) is 3.43. The van der Waals surface area contributed by atoms with E-state index in [0.717, 1.165) is 0 Å². The number of hydrogen-bond acceptors (Lipinski definition) is 7. The van der Waals surface area contributed by atoms with E-state index < -0.39 is 16.1 Å². The van der Waals surface area contributed by atoms with Crippen LogP contribution >= 0.6 is 0 Å². The summed E-state index contributed by atoms with van der Waals surface area (Å²) < 4.78 is 30.2. The third-order valence-corrected chi connectivity index (χ3v) is 4.30. The Bertz CT molecular complexity index is 481. The van der Waals surface area contributed by atoms with Gasteiger partial charge in [-0.3, -0.25) is 0 Å². The third-order valence-electron chi connectivity index (χ3n) is 2.40. The number of aromatic nitrogens is 2. The zero-order valence-corrected chi connectivity index (χ0v) is 9.85. The van der Waals surface area contributed by atoms with Crippen LogP contribution in [0.15, 0.2) is 4.52 Å². The monoisotopic (exact) mass is 262 g/mol. The van der Waals surface area contributed by atoms with Crippen molar-refractivity contribution in [2.45, 2.75) is 30.7 Å². The Morgan fingerprint density at radius 3 is 2.88 bits per heavy atom. The van der Waals surface area contributed by atoms with Crippen LogP contribution in [0.5, 0.6) is 0 Å². The SMILES string of the molecule is NC(CO)c1noc(CNS(=O)(=O)C2CC2)n1. The fourth-order valence-electron chi connectivity index (χ4n) is 1.23. The van der Waals surface area contributed by atoms with Gasteiger partial charge >= 0.3 is 0 Å². The molecule has 0 bridgehead atoms. The van der Waals surface area contributed by atoms with E-state index in [1.54, 1.807) is 0 Å². The molecule has 1 fully saturated rings. The van der Waals surface area contributed by atoms with Crippen LogP contribution in [0.1, 0.15) is 30.6 Å². The molecule has 1 heterocycles. The fraction of sp³-hybridized carbons (Fsp3) is 0.750. The first-order chi connectivity index (χ1) is 8.03. The highest BCUT2D eigenvalue weighted by molar-refractivity contribution is 7.90. The van der Waals surface area contributed by atoms with Crippen LogP contribution in [-0.2, 0) is 16.6 Å². The minimum absolute atomic E-state index is 0.0516. The van der Waals surface area contributed by atoms with Gasteiger partial charge in [0.15, 0.2) is 5.82 Å². The molecule has 2 rings (SSSR count). The Balaban J connectivity index is 1.93. The van der Waals surface area contributed by atoms with Crippen molar-refractivity contribution in [1.29, 1.82) is 0 Å². The summed E-state index contributed by atoms with van der Waals surface area (Å²) in [6.45, 7) is -0.350. The van der Waals surface area contributed by atoms with Gasteiger partial charge in [-0.1, -0.05) is 5.16 Å². The number of sulfonamides is 1. The van der Waals surface area contributed by atoms with E-state index in [1.807, 2.05) is 0 Å². The van der Waals surface area contributed by atoms with Gasteiger partial charge in [0.1, 0.15) is 0 Å². The summed E-state index contributed by atoms with van der Waals surface area (Å²) in [7, 11) is -3.26. The Morgan fingerprint density at radius 1 is 1.59 bits per heavy atom. The van der Waals surface area contributed by atoms with Crippen LogP contribution in [0.2, 0.25) is 0 Å². The predicted octanol–water partition coefficient (Wildman–Crippen LogP) is -1.36. The number of rotatable bonds is 6. The first kappa shape index (κ1) is 12.4. The number of aliphatic hydroxyl groups excluding tert-OH is 1. The minimum atomic E-state index is -3.26. The molecule has 0 aliphatic heterocycles. The minimum Gasteiger partial charge on any atom is -0.394 e. The van der Waals surface area contributed by atoms with E-state index in [-0.39, 0.29) is 30.1 Å². The van der Waals surface area contributed by atoms with E-state index in [0.29, 0.717) is 12.8 Å². The zero-order valence-electron chi connectivity index (χ0n) is 9.04. The summed E-state index contributed by atoms with van der Waals surface area (Å²) >= 11 is 0. The molecule has 0 radical (unpaired) electrons. The van der Waals surface area contributed by atoms with Crippen LogP contribution in [0.4, 0.5) is 0 Å². The topological polar surface area (TPSA) is 131 Å². The summed E-state index contributed by atoms with van der Waals surface area (Å²) in [6.07, 6.45) is 1.39. The smallest absolute Gasteiger partial charge is 0.241 e. The van der Waals surface area contributed by atoms with Crippen LogP contribution in [0, 0.1) is 0 Å². The Morgan fingerprint density at radius 2 is 2.29 bits per heavy atom. The normalized spacial score (nSPS) is 18.2. The number of nitrogens with one attached hydrogen (secondary N) is 1. The van der Waals surface area contributed by atoms with Crippen molar-refractivity contribution in [2.75, 3.05) is 6.61 Å². The van der Waals surface area contributed by atoms with Gasteiger partial charge in [0.2, 0.25) is 15.9 Å². The maximum absolute atomic E-state index is 11.5. The highest BCUT2D eigenvalue weighted by Gasteiger charge is 2.35. The lowest BCUT2D eigenvalue weighted by Gasteiger charge is -2.01. The van der Waals surface area contributed by atoms with Gasteiger partial charge in [-0.2, -0.15) is 4.98 Å². The molecule has 0 aromatic carbocycles. The lowest BCUT2D eigenvalue weighted by molar-refractivity contribution is 0.259. The standard InChI is InChI=1S/C8H14N4O4S/c9-6(4-13)8-11-7(16-12-8)3-10-17(14,15)5-1-2-5/h5-6,10,13H,1-4,9H2. The Labute approximate surface area is 98.2 Å². The predicted molar refractivity (Wildman–Crippen MR) is 57.1 cm³/mol. The summed E-state index contributed by atoms with van der Waals surface area (Å²) in [5, 5.41) is 12.0. The quantitative estimate of drug-likeness (QED) is 0.577. The average Bonchev–Trinajstić information content (AvgIpc) is 3.06. The van der Waals surface area contributed by atoms with E-state index >= 15 is 0 Å². The Hall–Kier alpha value is -1.03. The van der Waals surface area contributed by atoms with Gasteiger partial charge in [-0.15, -0.1) is 0 Å². The molecule has 1 atom stereocenters. The highest BCUT2D eigenvalue weighted by atomic mass is 32.2. The first-order valence-corrected chi connectivity index (χ1v) is 6.75. The second kappa shape index (κ2) is 4.69. The molecule has 1 unspecified atom stereocenters. The molecule has 0 spiro atoms. The van der Waals surface area contributed by atoms with Crippen LogP contribution in [-0.4, -0.2) is 35.5 Å². The molecular formula is C8H14N4O4S. The molecule has 1 aromatic rings. The van der Waals surface area contributed by atoms with Crippen LogP contribution in [0.25, 0.3) is 0 Å². The number of nitrogens with zero attached hydrogens (tertiary/aromatic N) is 2. The van der Waals surface area contributed by atoms with Crippen molar-refractivity contribution in [1.82, 2.24) is 14.9 Å². The van der Waals surface area contributed by atoms with Crippen molar-refractivity contribution in [3.05, 3.63) is 11.7 Å². The lowest BCUT2D eigenvalue weighted by atomic mass is 10.3. The van der Waals surface area contributed by atoms with Gasteiger partial charge in [-0.25, -0.2) is 13.1 Å². The maximum atomic E-state index is 11.5. The van der Waals surface area contributed by atoms with Crippen LogP contribution < -0.4 is 10.5 Å². The molecular weight excluding hydrogens is 248 g/mol. The van der Waals surface area contributed by atoms with E-state index in [9.17, 15) is 8.42 Å². The van der Waals surface area contributed by atoms with E-state index in [2.05, 4.69) is 14.9 Å². The molecule has 1 saturated carbocycles. The van der Waals surface area contributed by atoms with Crippen molar-refractivity contribution < 1.29 is 18.0 Å². The van der Waals surface area contributed by atoms with Gasteiger partial charge in [0, 0.05) is 0 Å². The summed E-state index contributed by atoms with van der Waals surface area (Å²) in [5.74, 6) is 0.293. The molecule has 96 valence electrons. The number of hydrogen-bond donors (Lipinski definition) is 3. The lowest BCUT2D eigenvalue weighted by Crippen LogP contribution is -2.26. The molecule has 1 aromatic heterocycles. The summed E-state index contributed by atoms with van der Waals surface area (Å²) in [4.78, 5) is 3.87. The maximum Gasteiger partial charge on any atom is 0.241 e. The molecule has 0 amide bonds. The van der Waals surface area contributed by atoms with Crippen molar-refractivity contribution >= 4 is 10.0 Å². The van der Waals surface area contributed by atoms with Gasteiger partial charge < -0.3 is 15.4 Å². The molecule has 4 N–H and O–H groups in total. The number of nitrogens with two attached hydrogens (primary N) is 1. The fourth-order valence-corrected chi connectivity index (χ4v) is 2.55. The highest BCUT2D eigenvalue weighted by Crippen LogP contribution is 2.27. The van der Waals surface area contributed by atoms with Gasteiger partial charge in [0.05, 0.1) is 24.4 Å². The van der Waals surface area contributed by atoms with Crippen molar-refractivity contribution in [3.8, 4) is 0 Å². The molecule has 1 aliphatic carbocycles. The number of aliphatic hydroxyl groups is 1. The molecule has 8 nitrogen and oxygen atoms in total. The van der Waals surface area contributed by atoms with Crippen molar-refractivity contribution in [3.63, 3.8) is 0 Å². The van der Waals surface area contributed by atoms with E-state index in [4.69, 9.17) is 15.4 Å². The zero-order chi connectivity index (χ0) is 12.5. The average molecular weight is 262 g/mol.